The molecule has 194 valence electrons. The van der Waals surface area contributed by atoms with Crippen LogP contribution in [-0.2, 0) is 5.54 Å². The fourth-order valence-corrected chi connectivity index (χ4v) is 6.47. The van der Waals surface area contributed by atoms with Gasteiger partial charge in [0, 0.05) is 28.5 Å². The Labute approximate surface area is 238 Å². The van der Waals surface area contributed by atoms with Crippen molar-refractivity contribution in [2.75, 3.05) is 0 Å². The number of hydrogen-bond acceptors (Lipinski definition) is 2. The Morgan fingerprint density at radius 3 is 2.10 bits per heavy atom. The Balaban J connectivity index is 1.53. The molecule has 2 heterocycles. The third kappa shape index (κ3) is 3.34. The van der Waals surface area contributed by atoms with E-state index in [9.17, 15) is 5.11 Å². The number of nitrogens with zero attached hydrogens (tertiary/aromatic N) is 3. The predicted molar refractivity (Wildman–Crippen MR) is 161 cm³/mol. The van der Waals surface area contributed by atoms with Crippen molar-refractivity contribution >= 4 is 11.0 Å². The van der Waals surface area contributed by atoms with E-state index in [0.717, 1.165) is 27.9 Å². The number of imidazole rings is 1. The van der Waals surface area contributed by atoms with Crippen molar-refractivity contribution < 1.29 is 9.67 Å². The molecule has 4 heteroatoms. The van der Waals surface area contributed by atoms with E-state index >= 15 is 0 Å². The van der Waals surface area contributed by atoms with Gasteiger partial charge in [0.05, 0.1) is 22.4 Å². The molecule has 0 atom stereocenters. The van der Waals surface area contributed by atoms with Crippen molar-refractivity contribution in [2.24, 2.45) is 0 Å². The second-order valence-electron chi connectivity index (χ2n) is 10.3. The van der Waals surface area contributed by atoms with Crippen LogP contribution in [0.3, 0.4) is 0 Å². The van der Waals surface area contributed by atoms with Crippen molar-refractivity contribution in [3.8, 4) is 33.8 Å². The van der Waals surface area contributed by atoms with Crippen LogP contribution in [0.2, 0.25) is 0 Å². The number of aromatic hydroxyl groups is 1. The van der Waals surface area contributed by atoms with Gasteiger partial charge in [0.2, 0.25) is 6.33 Å². The minimum absolute atomic E-state index is 0.204. The molecule has 0 radical (unpaired) electrons. The fourth-order valence-electron chi connectivity index (χ4n) is 6.47. The Morgan fingerprint density at radius 1 is 0.659 bits per heavy atom. The molecular weight excluding hydrogens is 502 g/mol. The lowest BCUT2D eigenvalue weighted by molar-refractivity contribution is -0.713. The van der Waals surface area contributed by atoms with Crippen molar-refractivity contribution in [3.63, 3.8) is 0 Å². The molecule has 1 N–H and O–H groups in total. The van der Waals surface area contributed by atoms with E-state index in [1.165, 1.54) is 22.3 Å². The number of phenolic OH excluding ortho intramolecular Hbond substituents is 1. The normalized spacial score (nSPS) is 13.2. The molecule has 2 aromatic heterocycles. The summed E-state index contributed by atoms with van der Waals surface area (Å²) in [6.07, 6.45) is 5.56. The standard InChI is InChI=1S/C37H25N3O/c41-36-22-8-7-21-35(36)39-25-40(34-20-6-5-19-33(34)39)37(27-13-11-12-26(24-27)32-18-9-10-23-38-32)30-16-3-1-14-28(30)29-15-2-4-17-31(29)37/h1-24,41H. The van der Waals surface area contributed by atoms with E-state index < -0.39 is 5.54 Å². The average molecular weight is 528 g/mol. The molecule has 0 aliphatic heterocycles. The first-order chi connectivity index (χ1) is 20.3. The van der Waals surface area contributed by atoms with Crippen molar-refractivity contribution in [1.82, 2.24) is 9.55 Å². The Hall–Kier alpha value is -5.48. The van der Waals surface area contributed by atoms with Crippen LogP contribution in [0.1, 0.15) is 16.7 Å². The SMILES string of the molecule is Oc1ccccc1-n1[c-][n+](C2(c3cccc(-c4ccccn4)c3)c3ccccc3-c3ccccc32)c2ccccc21. The largest absolute Gasteiger partial charge is 0.513 e. The summed E-state index contributed by atoms with van der Waals surface area (Å²) in [4.78, 5) is 4.66. The van der Waals surface area contributed by atoms with Crippen molar-refractivity contribution in [1.29, 1.82) is 0 Å². The number of aromatic nitrogens is 3. The number of para-hydroxylation sites is 4. The highest BCUT2D eigenvalue weighted by Gasteiger charge is 2.49. The quantitative estimate of drug-likeness (QED) is 0.193. The molecule has 0 saturated carbocycles. The Morgan fingerprint density at radius 2 is 1.34 bits per heavy atom. The first kappa shape index (κ1) is 23.4. The summed E-state index contributed by atoms with van der Waals surface area (Å²) in [5, 5.41) is 10.9. The van der Waals surface area contributed by atoms with Crippen LogP contribution in [-0.4, -0.2) is 14.7 Å². The first-order valence-corrected chi connectivity index (χ1v) is 13.7. The highest BCUT2D eigenvalue weighted by molar-refractivity contribution is 5.84. The van der Waals surface area contributed by atoms with Gasteiger partial charge in [0.15, 0.2) is 5.54 Å². The Kier molecular flexibility index (Phi) is 5.16. The van der Waals surface area contributed by atoms with Gasteiger partial charge in [0.1, 0.15) is 5.75 Å². The lowest BCUT2D eigenvalue weighted by atomic mass is 9.79. The van der Waals surface area contributed by atoms with Gasteiger partial charge in [-0.3, -0.25) is 9.55 Å². The van der Waals surface area contributed by atoms with Crippen LogP contribution >= 0.6 is 0 Å². The molecular formula is C37H25N3O. The second kappa shape index (κ2) is 9.04. The number of pyridine rings is 1. The van der Waals surface area contributed by atoms with Crippen LogP contribution < -0.4 is 4.57 Å². The summed E-state index contributed by atoms with van der Waals surface area (Å²) >= 11 is 0. The van der Waals surface area contributed by atoms with E-state index in [-0.39, 0.29) is 5.75 Å². The maximum Gasteiger partial charge on any atom is 0.245 e. The summed E-state index contributed by atoms with van der Waals surface area (Å²) in [5.41, 5.74) is 9.76. The van der Waals surface area contributed by atoms with Gasteiger partial charge in [-0.25, -0.2) is 0 Å². The molecule has 5 aromatic carbocycles. The number of rotatable bonds is 4. The molecule has 1 aliphatic rings. The maximum absolute atomic E-state index is 10.9. The maximum atomic E-state index is 10.9. The Bertz CT molecular complexity index is 2030. The third-order valence-corrected chi connectivity index (χ3v) is 8.19. The monoisotopic (exact) mass is 527 g/mol. The van der Waals surface area contributed by atoms with Gasteiger partial charge in [-0.2, -0.15) is 0 Å². The molecule has 4 nitrogen and oxygen atoms in total. The molecule has 7 aromatic rings. The molecule has 0 fully saturated rings. The summed E-state index contributed by atoms with van der Waals surface area (Å²) in [5.74, 6) is 0.204. The predicted octanol–water partition coefficient (Wildman–Crippen LogP) is 7.31. The van der Waals surface area contributed by atoms with E-state index in [2.05, 4.69) is 107 Å². The zero-order chi connectivity index (χ0) is 27.4. The zero-order valence-corrected chi connectivity index (χ0v) is 22.1. The number of hydrogen-bond donors (Lipinski definition) is 1. The molecule has 0 unspecified atom stereocenters. The first-order valence-electron chi connectivity index (χ1n) is 13.7. The summed E-state index contributed by atoms with van der Waals surface area (Å²) in [7, 11) is 0. The molecule has 1 aliphatic carbocycles. The molecule has 8 rings (SSSR count). The molecule has 0 bridgehead atoms. The third-order valence-electron chi connectivity index (χ3n) is 8.19. The van der Waals surface area contributed by atoms with Gasteiger partial charge in [-0.05, 0) is 35.4 Å². The lowest BCUT2D eigenvalue weighted by Gasteiger charge is -2.33. The smallest absolute Gasteiger partial charge is 0.245 e. The van der Waals surface area contributed by atoms with Gasteiger partial charge in [-0.1, -0.05) is 115 Å². The minimum Gasteiger partial charge on any atom is -0.513 e. The molecule has 0 spiro atoms. The van der Waals surface area contributed by atoms with E-state index in [0.29, 0.717) is 5.69 Å². The van der Waals surface area contributed by atoms with Gasteiger partial charge in [-0.15, -0.1) is 0 Å². The fraction of sp³-hybridized carbons (Fsp3) is 0.0270. The second-order valence-corrected chi connectivity index (χ2v) is 10.3. The number of fused-ring (bicyclic) bond motifs is 4. The van der Waals surface area contributed by atoms with Gasteiger partial charge >= 0.3 is 0 Å². The van der Waals surface area contributed by atoms with Crippen LogP contribution in [0.4, 0.5) is 0 Å². The molecule has 0 amide bonds. The summed E-state index contributed by atoms with van der Waals surface area (Å²) < 4.78 is 4.23. The van der Waals surface area contributed by atoms with Crippen molar-refractivity contribution in [3.05, 3.63) is 169 Å². The number of phenols is 1. The summed E-state index contributed by atoms with van der Waals surface area (Å²) in [6, 6.07) is 47.8. The lowest BCUT2D eigenvalue weighted by Crippen LogP contribution is -2.57. The van der Waals surface area contributed by atoms with Crippen molar-refractivity contribution in [2.45, 2.75) is 5.54 Å². The highest BCUT2D eigenvalue weighted by Crippen LogP contribution is 2.51. The number of benzene rings is 5. The van der Waals surface area contributed by atoms with Crippen LogP contribution in [0, 0.1) is 6.33 Å². The van der Waals surface area contributed by atoms with Crippen LogP contribution in [0.25, 0.3) is 39.1 Å². The molecule has 41 heavy (non-hydrogen) atoms. The minimum atomic E-state index is -0.729. The highest BCUT2D eigenvalue weighted by atomic mass is 16.3. The van der Waals surface area contributed by atoms with Crippen LogP contribution in [0.5, 0.6) is 5.75 Å². The van der Waals surface area contributed by atoms with Gasteiger partial charge in [0.25, 0.3) is 0 Å². The van der Waals surface area contributed by atoms with E-state index in [1.807, 2.05) is 53.2 Å². The van der Waals surface area contributed by atoms with E-state index in [4.69, 9.17) is 0 Å². The topological polar surface area (TPSA) is 41.9 Å². The summed E-state index contributed by atoms with van der Waals surface area (Å²) in [6.45, 7) is 0. The molecule has 0 saturated heterocycles. The average Bonchev–Trinajstić information content (AvgIpc) is 3.56. The van der Waals surface area contributed by atoms with Crippen LogP contribution in [0.15, 0.2) is 146 Å². The van der Waals surface area contributed by atoms with E-state index in [1.54, 1.807) is 6.07 Å². The van der Waals surface area contributed by atoms with Gasteiger partial charge < -0.3 is 9.67 Å². The zero-order valence-electron chi connectivity index (χ0n) is 22.1.